The number of nitrogens with one attached hydrogen (secondary N) is 1. The molecule has 96 valence electrons. The van der Waals surface area contributed by atoms with Crippen molar-refractivity contribution in [3.63, 3.8) is 0 Å². The lowest BCUT2D eigenvalue weighted by Crippen LogP contribution is -2.14. The minimum atomic E-state index is 0.799. The summed E-state index contributed by atoms with van der Waals surface area (Å²) in [5.74, 6) is 0.799. The lowest BCUT2D eigenvalue weighted by atomic mass is 9.99. The van der Waals surface area contributed by atoms with Crippen LogP contribution >= 0.6 is 15.9 Å². The summed E-state index contributed by atoms with van der Waals surface area (Å²) in [5.41, 5.74) is 2.58. The standard InChI is InChI=1S/C15H24BrN/c1-4-6-7-13(5-2)11-17-15-10-14(16)9-8-12(15)3/h8-10,13,17H,4-7,11H2,1-3H3. The lowest BCUT2D eigenvalue weighted by molar-refractivity contribution is 0.472. The molecule has 2 heteroatoms. The highest BCUT2D eigenvalue weighted by Gasteiger charge is 2.06. The van der Waals surface area contributed by atoms with Gasteiger partial charge >= 0.3 is 0 Å². The van der Waals surface area contributed by atoms with Crippen molar-refractivity contribution < 1.29 is 0 Å². The van der Waals surface area contributed by atoms with Gasteiger partial charge in [-0.05, 0) is 37.0 Å². The Balaban J connectivity index is 2.50. The number of hydrogen-bond acceptors (Lipinski definition) is 1. The Labute approximate surface area is 114 Å². The minimum absolute atomic E-state index is 0.799. The molecular formula is C15H24BrN. The molecule has 1 aromatic rings. The molecule has 1 rings (SSSR count). The van der Waals surface area contributed by atoms with Crippen LogP contribution in [0.25, 0.3) is 0 Å². The number of unbranched alkanes of at least 4 members (excludes halogenated alkanes) is 1. The maximum absolute atomic E-state index is 3.58. The van der Waals surface area contributed by atoms with Crippen LogP contribution in [0.4, 0.5) is 5.69 Å². The first-order valence-electron chi connectivity index (χ1n) is 6.67. The Morgan fingerprint density at radius 3 is 2.71 bits per heavy atom. The Bertz CT molecular complexity index is 336. The molecule has 0 amide bonds. The van der Waals surface area contributed by atoms with E-state index in [0.29, 0.717) is 0 Å². The molecular weight excluding hydrogens is 274 g/mol. The number of benzene rings is 1. The van der Waals surface area contributed by atoms with Gasteiger partial charge in [0, 0.05) is 16.7 Å². The van der Waals surface area contributed by atoms with E-state index >= 15 is 0 Å². The molecule has 1 nitrogen and oxygen atoms in total. The molecule has 0 aromatic heterocycles. The summed E-state index contributed by atoms with van der Waals surface area (Å²) in [4.78, 5) is 0. The Hall–Kier alpha value is -0.500. The molecule has 0 saturated carbocycles. The number of anilines is 1. The van der Waals surface area contributed by atoms with E-state index in [2.05, 4.69) is 60.2 Å². The van der Waals surface area contributed by atoms with E-state index in [0.717, 1.165) is 16.9 Å². The van der Waals surface area contributed by atoms with Gasteiger partial charge in [0.15, 0.2) is 0 Å². The van der Waals surface area contributed by atoms with Gasteiger partial charge in [0.05, 0.1) is 0 Å². The second kappa shape index (κ2) is 7.75. The molecule has 17 heavy (non-hydrogen) atoms. The second-order valence-electron chi connectivity index (χ2n) is 4.76. The van der Waals surface area contributed by atoms with Gasteiger partial charge in [-0.3, -0.25) is 0 Å². The van der Waals surface area contributed by atoms with Crippen LogP contribution < -0.4 is 5.32 Å². The van der Waals surface area contributed by atoms with Crippen LogP contribution in [0.1, 0.15) is 45.1 Å². The topological polar surface area (TPSA) is 12.0 Å². The van der Waals surface area contributed by atoms with Crippen LogP contribution in [0.2, 0.25) is 0 Å². The SMILES string of the molecule is CCCCC(CC)CNc1cc(Br)ccc1C. The van der Waals surface area contributed by atoms with E-state index in [9.17, 15) is 0 Å². The predicted octanol–water partition coefficient (Wildman–Crippen LogP) is 5.39. The predicted molar refractivity (Wildman–Crippen MR) is 80.7 cm³/mol. The van der Waals surface area contributed by atoms with Gasteiger partial charge in [0.1, 0.15) is 0 Å². The normalized spacial score (nSPS) is 12.5. The quantitative estimate of drug-likeness (QED) is 0.712. The fourth-order valence-electron chi connectivity index (χ4n) is 1.98. The van der Waals surface area contributed by atoms with Gasteiger partial charge < -0.3 is 5.32 Å². The van der Waals surface area contributed by atoms with Crippen LogP contribution in [-0.4, -0.2) is 6.54 Å². The van der Waals surface area contributed by atoms with Crippen molar-refractivity contribution in [2.45, 2.75) is 46.5 Å². The third kappa shape index (κ3) is 5.12. The van der Waals surface area contributed by atoms with Crippen molar-refractivity contribution in [2.75, 3.05) is 11.9 Å². The van der Waals surface area contributed by atoms with Crippen LogP contribution in [0.15, 0.2) is 22.7 Å². The molecule has 0 bridgehead atoms. The first-order chi connectivity index (χ1) is 8.17. The molecule has 0 radical (unpaired) electrons. The lowest BCUT2D eigenvalue weighted by Gasteiger charge is -2.17. The summed E-state index contributed by atoms with van der Waals surface area (Å²) < 4.78 is 1.15. The summed E-state index contributed by atoms with van der Waals surface area (Å²) in [6.07, 6.45) is 5.25. The monoisotopic (exact) mass is 297 g/mol. The highest BCUT2D eigenvalue weighted by atomic mass is 79.9. The van der Waals surface area contributed by atoms with Crippen molar-refractivity contribution in [2.24, 2.45) is 5.92 Å². The fourth-order valence-corrected chi connectivity index (χ4v) is 2.34. The number of halogens is 1. The largest absolute Gasteiger partial charge is 0.385 e. The van der Waals surface area contributed by atoms with Gasteiger partial charge in [0.2, 0.25) is 0 Å². The van der Waals surface area contributed by atoms with Gasteiger partial charge in [0.25, 0.3) is 0 Å². The molecule has 1 unspecified atom stereocenters. The van der Waals surface area contributed by atoms with Crippen LogP contribution in [0.5, 0.6) is 0 Å². The van der Waals surface area contributed by atoms with E-state index in [1.54, 1.807) is 0 Å². The highest BCUT2D eigenvalue weighted by molar-refractivity contribution is 9.10. The van der Waals surface area contributed by atoms with E-state index in [-0.39, 0.29) is 0 Å². The molecule has 0 aliphatic rings. The number of aryl methyl sites for hydroxylation is 1. The van der Waals surface area contributed by atoms with Crippen LogP contribution in [0.3, 0.4) is 0 Å². The van der Waals surface area contributed by atoms with Gasteiger partial charge in [-0.25, -0.2) is 0 Å². The molecule has 1 atom stereocenters. The second-order valence-corrected chi connectivity index (χ2v) is 5.67. The fraction of sp³-hybridized carbons (Fsp3) is 0.600. The maximum atomic E-state index is 3.58. The van der Waals surface area contributed by atoms with Crippen molar-refractivity contribution in [1.29, 1.82) is 0 Å². The van der Waals surface area contributed by atoms with E-state index < -0.39 is 0 Å². The minimum Gasteiger partial charge on any atom is -0.385 e. The van der Waals surface area contributed by atoms with Crippen molar-refractivity contribution in [1.82, 2.24) is 0 Å². The molecule has 1 aromatic carbocycles. The first kappa shape index (κ1) is 14.6. The zero-order valence-corrected chi connectivity index (χ0v) is 12.8. The van der Waals surface area contributed by atoms with Gasteiger partial charge in [-0.15, -0.1) is 0 Å². The maximum Gasteiger partial charge on any atom is 0.0381 e. The average Bonchev–Trinajstić information content (AvgIpc) is 2.33. The number of rotatable bonds is 7. The molecule has 0 aliphatic carbocycles. The average molecular weight is 298 g/mol. The third-order valence-corrected chi connectivity index (χ3v) is 3.82. The van der Waals surface area contributed by atoms with Crippen LogP contribution in [-0.2, 0) is 0 Å². The summed E-state index contributed by atoms with van der Waals surface area (Å²) in [6.45, 7) is 7.80. The van der Waals surface area contributed by atoms with Crippen LogP contribution in [0, 0.1) is 12.8 Å². The third-order valence-electron chi connectivity index (χ3n) is 3.32. The zero-order valence-electron chi connectivity index (χ0n) is 11.2. The van der Waals surface area contributed by atoms with Crippen molar-refractivity contribution in [3.05, 3.63) is 28.2 Å². The Kier molecular flexibility index (Phi) is 6.64. The van der Waals surface area contributed by atoms with E-state index in [4.69, 9.17) is 0 Å². The molecule has 0 heterocycles. The van der Waals surface area contributed by atoms with Gasteiger partial charge in [-0.1, -0.05) is 55.1 Å². The highest BCUT2D eigenvalue weighted by Crippen LogP contribution is 2.22. The summed E-state index contributed by atoms with van der Waals surface area (Å²) in [7, 11) is 0. The van der Waals surface area contributed by atoms with Gasteiger partial charge in [-0.2, -0.15) is 0 Å². The molecule has 0 spiro atoms. The molecule has 1 N–H and O–H groups in total. The Morgan fingerprint density at radius 2 is 2.06 bits per heavy atom. The molecule has 0 aliphatic heterocycles. The zero-order chi connectivity index (χ0) is 12.7. The summed E-state index contributed by atoms with van der Waals surface area (Å²) in [6, 6.07) is 6.41. The summed E-state index contributed by atoms with van der Waals surface area (Å²) >= 11 is 3.52. The first-order valence-corrected chi connectivity index (χ1v) is 7.46. The van der Waals surface area contributed by atoms with E-state index in [1.165, 1.54) is 36.9 Å². The molecule has 0 saturated heterocycles. The smallest absolute Gasteiger partial charge is 0.0381 e. The molecule has 0 fully saturated rings. The van der Waals surface area contributed by atoms with Crippen molar-refractivity contribution in [3.8, 4) is 0 Å². The van der Waals surface area contributed by atoms with Crippen molar-refractivity contribution >= 4 is 21.6 Å². The Morgan fingerprint density at radius 1 is 1.29 bits per heavy atom. The summed E-state index contributed by atoms with van der Waals surface area (Å²) in [5, 5.41) is 3.58. The number of hydrogen-bond donors (Lipinski definition) is 1. The van der Waals surface area contributed by atoms with E-state index in [1.807, 2.05) is 0 Å².